The van der Waals surface area contributed by atoms with Gasteiger partial charge in [-0.05, 0) is 53.6 Å². The van der Waals surface area contributed by atoms with Gasteiger partial charge in [-0.1, -0.05) is 71.8 Å². The first kappa shape index (κ1) is 22.9. The van der Waals surface area contributed by atoms with E-state index in [2.05, 4.69) is 41.7 Å². The Labute approximate surface area is 202 Å². The molecule has 0 aliphatic carbocycles. The summed E-state index contributed by atoms with van der Waals surface area (Å²) in [6.45, 7) is 2.51. The van der Waals surface area contributed by atoms with Crippen LogP contribution in [0, 0.1) is 6.92 Å². The number of halogens is 1. The van der Waals surface area contributed by atoms with E-state index in [0.29, 0.717) is 17.4 Å². The summed E-state index contributed by atoms with van der Waals surface area (Å²) in [5, 5.41) is 6.96. The first-order chi connectivity index (χ1) is 16.1. The Kier molecular flexibility index (Phi) is 7.66. The highest BCUT2D eigenvalue weighted by molar-refractivity contribution is 8.00. The number of carbonyl (C=O) groups is 1. The summed E-state index contributed by atoms with van der Waals surface area (Å²) in [5.74, 6) is 0.780. The second kappa shape index (κ2) is 11.0. The predicted molar refractivity (Wildman–Crippen MR) is 137 cm³/mol. The van der Waals surface area contributed by atoms with E-state index in [4.69, 9.17) is 16.3 Å². The summed E-state index contributed by atoms with van der Waals surface area (Å²) >= 11 is 7.33. The van der Waals surface area contributed by atoms with Gasteiger partial charge in [0.15, 0.2) is 0 Å². The number of nitrogens with one attached hydrogen (secondary N) is 1. The Morgan fingerprint density at radius 1 is 1.00 bits per heavy atom. The predicted octanol–water partition coefficient (Wildman–Crippen LogP) is 6.62. The van der Waals surface area contributed by atoms with Gasteiger partial charge in [-0.3, -0.25) is 4.79 Å². The molecule has 4 aromatic rings. The number of rotatable bonds is 8. The molecule has 4 aromatic carbocycles. The van der Waals surface area contributed by atoms with Crippen LogP contribution in [0.25, 0.3) is 10.8 Å². The van der Waals surface area contributed by atoms with Gasteiger partial charge in [0.1, 0.15) is 12.4 Å². The van der Waals surface area contributed by atoms with E-state index < -0.39 is 0 Å². The van der Waals surface area contributed by atoms with Gasteiger partial charge in [0.2, 0.25) is 5.91 Å². The van der Waals surface area contributed by atoms with Crippen LogP contribution in [0.4, 0.5) is 0 Å². The second-order valence-electron chi connectivity index (χ2n) is 7.51. The maximum absolute atomic E-state index is 12.3. The molecule has 0 saturated heterocycles. The van der Waals surface area contributed by atoms with E-state index in [9.17, 15) is 4.79 Å². The maximum atomic E-state index is 12.3. The Morgan fingerprint density at radius 2 is 1.76 bits per heavy atom. The molecule has 6 heteroatoms. The number of thioether (sulfide) groups is 1. The zero-order valence-corrected chi connectivity index (χ0v) is 19.7. The van der Waals surface area contributed by atoms with E-state index in [1.165, 1.54) is 17.3 Å². The van der Waals surface area contributed by atoms with E-state index in [0.717, 1.165) is 26.8 Å². The Bertz CT molecular complexity index is 1270. The lowest BCUT2D eigenvalue weighted by Crippen LogP contribution is -2.19. The highest BCUT2D eigenvalue weighted by Gasteiger charge is 2.08. The molecule has 0 unspecified atom stereocenters. The summed E-state index contributed by atoms with van der Waals surface area (Å²) < 4.78 is 6.12. The van der Waals surface area contributed by atoms with Gasteiger partial charge < -0.3 is 4.74 Å². The molecule has 0 saturated carbocycles. The molecule has 0 aliphatic heterocycles. The van der Waals surface area contributed by atoms with Gasteiger partial charge in [0.05, 0.1) is 12.0 Å². The third-order valence-electron chi connectivity index (χ3n) is 5.01. The van der Waals surface area contributed by atoms with Crippen molar-refractivity contribution in [2.24, 2.45) is 5.10 Å². The number of nitrogens with zero attached hydrogens (tertiary/aromatic N) is 1. The Morgan fingerprint density at radius 3 is 2.55 bits per heavy atom. The van der Waals surface area contributed by atoms with E-state index in [1.807, 2.05) is 48.5 Å². The lowest BCUT2D eigenvalue weighted by Gasteiger charge is -2.12. The number of fused-ring (bicyclic) bond motifs is 1. The number of carbonyl (C=O) groups excluding carboxylic acids is 1. The van der Waals surface area contributed by atoms with Gasteiger partial charge in [0, 0.05) is 15.5 Å². The van der Waals surface area contributed by atoms with Crippen LogP contribution in [0.5, 0.6) is 5.75 Å². The van der Waals surface area contributed by atoms with Gasteiger partial charge in [-0.2, -0.15) is 5.10 Å². The van der Waals surface area contributed by atoms with Crippen LogP contribution < -0.4 is 10.2 Å². The van der Waals surface area contributed by atoms with E-state index in [-0.39, 0.29) is 11.7 Å². The minimum Gasteiger partial charge on any atom is -0.488 e. The van der Waals surface area contributed by atoms with Crippen LogP contribution in [0.2, 0.25) is 5.02 Å². The normalized spacial score (nSPS) is 11.1. The Hall–Kier alpha value is -3.28. The van der Waals surface area contributed by atoms with Crippen LogP contribution in [0.15, 0.2) is 94.9 Å². The molecule has 4 rings (SSSR count). The fourth-order valence-electron chi connectivity index (χ4n) is 3.26. The number of hydrazone groups is 1. The standard InChI is InChI=1S/C27H23ClN2O2S/c1-19-6-8-20(9-7-19)17-32-26-15-10-21-4-2-3-5-24(21)25(26)16-29-30-27(31)18-33-23-13-11-22(28)12-14-23/h2-16H,17-18H2,1H3,(H,30,31)/b29-16-. The summed E-state index contributed by atoms with van der Waals surface area (Å²) in [6, 6.07) is 27.6. The van der Waals surface area contributed by atoms with Crippen molar-refractivity contribution in [1.82, 2.24) is 5.43 Å². The third-order valence-corrected chi connectivity index (χ3v) is 6.28. The number of amides is 1. The Balaban J connectivity index is 1.45. The van der Waals surface area contributed by atoms with Crippen molar-refractivity contribution in [3.05, 3.63) is 107 Å². The SMILES string of the molecule is Cc1ccc(COc2ccc3ccccc3c2/C=N\NC(=O)CSc2ccc(Cl)cc2)cc1. The molecular weight excluding hydrogens is 452 g/mol. The first-order valence-electron chi connectivity index (χ1n) is 10.5. The zero-order chi connectivity index (χ0) is 23.0. The van der Waals surface area contributed by atoms with Crippen molar-refractivity contribution in [2.75, 3.05) is 5.75 Å². The largest absolute Gasteiger partial charge is 0.488 e. The molecule has 0 spiro atoms. The van der Waals surface area contributed by atoms with Crippen molar-refractivity contribution < 1.29 is 9.53 Å². The number of hydrogen-bond acceptors (Lipinski definition) is 4. The molecule has 0 aliphatic rings. The van der Waals surface area contributed by atoms with Crippen molar-refractivity contribution in [2.45, 2.75) is 18.4 Å². The van der Waals surface area contributed by atoms with Crippen LogP contribution in [0.1, 0.15) is 16.7 Å². The number of ether oxygens (including phenoxy) is 1. The number of hydrogen-bond donors (Lipinski definition) is 1. The van der Waals surface area contributed by atoms with Crippen molar-refractivity contribution in [3.8, 4) is 5.75 Å². The number of benzene rings is 4. The fourth-order valence-corrected chi connectivity index (χ4v) is 4.08. The summed E-state index contributed by atoms with van der Waals surface area (Å²) in [7, 11) is 0. The molecule has 1 amide bonds. The molecular formula is C27H23ClN2O2S. The quantitative estimate of drug-likeness (QED) is 0.177. The second-order valence-corrected chi connectivity index (χ2v) is 8.99. The zero-order valence-electron chi connectivity index (χ0n) is 18.1. The molecule has 0 heterocycles. The van der Waals surface area contributed by atoms with Crippen LogP contribution in [0.3, 0.4) is 0 Å². The van der Waals surface area contributed by atoms with Crippen LogP contribution >= 0.6 is 23.4 Å². The minimum atomic E-state index is -0.187. The lowest BCUT2D eigenvalue weighted by atomic mass is 10.0. The van der Waals surface area contributed by atoms with Crippen molar-refractivity contribution in [1.29, 1.82) is 0 Å². The third kappa shape index (κ3) is 6.37. The molecule has 0 aromatic heterocycles. The highest BCUT2D eigenvalue weighted by atomic mass is 35.5. The van der Waals surface area contributed by atoms with Gasteiger partial charge in [-0.15, -0.1) is 11.8 Å². The van der Waals surface area contributed by atoms with Gasteiger partial charge >= 0.3 is 0 Å². The summed E-state index contributed by atoms with van der Waals surface area (Å²) in [6.07, 6.45) is 1.65. The smallest absolute Gasteiger partial charge is 0.250 e. The molecule has 166 valence electrons. The average Bonchev–Trinajstić information content (AvgIpc) is 2.84. The molecule has 0 atom stereocenters. The summed E-state index contributed by atoms with van der Waals surface area (Å²) in [5.41, 5.74) is 5.74. The molecule has 4 nitrogen and oxygen atoms in total. The van der Waals surface area contributed by atoms with E-state index in [1.54, 1.807) is 18.3 Å². The monoisotopic (exact) mass is 474 g/mol. The van der Waals surface area contributed by atoms with Gasteiger partial charge in [-0.25, -0.2) is 5.43 Å². The minimum absolute atomic E-state index is 0.187. The molecule has 1 N–H and O–H groups in total. The molecule has 0 fully saturated rings. The molecule has 0 bridgehead atoms. The fraction of sp³-hybridized carbons (Fsp3) is 0.111. The molecule has 33 heavy (non-hydrogen) atoms. The average molecular weight is 475 g/mol. The topological polar surface area (TPSA) is 50.7 Å². The summed E-state index contributed by atoms with van der Waals surface area (Å²) in [4.78, 5) is 13.2. The van der Waals surface area contributed by atoms with Gasteiger partial charge in [0.25, 0.3) is 0 Å². The lowest BCUT2D eigenvalue weighted by molar-refractivity contribution is -0.118. The first-order valence-corrected chi connectivity index (χ1v) is 11.9. The van der Waals surface area contributed by atoms with Crippen molar-refractivity contribution in [3.63, 3.8) is 0 Å². The van der Waals surface area contributed by atoms with Crippen LogP contribution in [-0.2, 0) is 11.4 Å². The highest BCUT2D eigenvalue weighted by Crippen LogP contribution is 2.27. The van der Waals surface area contributed by atoms with Crippen LogP contribution in [-0.4, -0.2) is 17.9 Å². The molecule has 0 radical (unpaired) electrons. The van der Waals surface area contributed by atoms with Crippen molar-refractivity contribution >= 4 is 46.3 Å². The van der Waals surface area contributed by atoms with E-state index >= 15 is 0 Å². The number of aryl methyl sites for hydroxylation is 1. The maximum Gasteiger partial charge on any atom is 0.250 e.